The number of nitrogens with one attached hydrogen (secondary N) is 1. The van der Waals surface area contributed by atoms with Gasteiger partial charge >= 0.3 is 0 Å². The molecule has 0 aromatic heterocycles. The highest BCUT2D eigenvalue weighted by molar-refractivity contribution is 5.97. The molecular formula is C20H23NO. The van der Waals surface area contributed by atoms with Gasteiger partial charge in [0.2, 0.25) is 5.91 Å². The number of fused-ring (bicyclic) bond motifs is 1. The molecule has 0 spiro atoms. The fourth-order valence-electron chi connectivity index (χ4n) is 3.44. The number of hydrogen-bond acceptors (Lipinski definition) is 1. The zero-order chi connectivity index (χ0) is 15.5. The first-order valence-corrected chi connectivity index (χ1v) is 8.18. The van der Waals surface area contributed by atoms with E-state index in [0.29, 0.717) is 0 Å². The van der Waals surface area contributed by atoms with Crippen molar-refractivity contribution in [3.8, 4) is 0 Å². The molecule has 2 heteroatoms. The lowest BCUT2D eigenvalue weighted by Gasteiger charge is -2.25. The molecule has 1 aliphatic carbocycles. The van der Waals surface area contributed by atoms with Crippen molar-refractivity contribution in [1.29, 1.82) is 0 Å². The maximum Gasteiger partial charge on any atom is 0.231 e. The molecule has 1 N–H and O–H groups in total. The lowest BCUT2D eigenvalue weighted by Crippen LogP contribution is -2.25. The van der Waals surface area contributed by atoms with E-state index in [4.69, 9.17) is 0 Å². The Hall–Kier alpha value is -2.09. The van der Waals surface area contributed by atoms with Crippen LogP contribution in [0.5, 0.6) is 0 Å². The Bertz CT molecular complexity index is 690. The maximum atomic E-state index is 12.8. The zero-order valence-electron chi connectivity index (χ0n) is 13.4. The minimum atomic E-state index is -0.0192. The highest BCUT2D eigenvalue weighted by Gasteiger charge is 2.26. The van der Waals surface area contributed by atoms with Crippen molar-refractivity contribution in [2.45, 2.75) is 45.4 Å². The fraction of sp³-hybridized carbons (Fsp3) is 0.350. The van der Waals surface area contributed by atoms with Crippen LogP contribution in [0.1, 0.15) is 47.9 Å². The average Bonchev–Trinajstić information content (AvgIpc) is 2.56. The summed E-state index contributed by atoms with van der Waals surface area (Å²) in [7, 11) is 0. The molecule has 3 rings (SSSR count). The summed E-state index contributed by atoms with van der Waals surface area (Å²) in [5.74, 6) is 0.116. The number of hydrogen-bond donors (Lipinski definition) is 1. The molecule has 0 fully saturated rings. The van der Waals surface area contributed by atoms with Crippen LogP contribution in [0.3, 0.4) is 0 Å². The monoisotopic (exact) mass is 293 g/mol. The Kier molecular flexibility index (Phi) is 4.28. The summed E-state index contributed by atoms with van der Waals surface area (Å²) in [4.78, 5) is 12.8. The normalized spacial score (nSPS) is 16.9. The van der Waals surface area contributed by atoms with Gasteiger partial charge in [0, 0.05) is 5.69 Å². The predicted octanol–water partition coefficient (Wildman–Crippen LogP) is 4.62. The van der Waals surface area contributed by atoms with Crippen molar-refractivity contribution in [2.75, 3.05) is 5.32 Å². The van der Waals surface area contributed by atoms with Gasteiger partial charge in [-0.25, -0.2) is 0 Å². The van der Waals surface area contributed by atoms with Crippen LogP contribution < -0.4 is 5.32 Å². The van der Waals surface area contributed by atoms with E-state index in [1.807, 2.05) is 6.07 Å². The summed E-state index contributed by atoms with van der Waals surface area (Å²) in [5, 5.41) is 3.20. The number of carbonyl (C=O) groups is 1. The molecule has 1 atom stereocenters. The van der Waals surface area contributed by atoms with Gasteiger partial charge in [-0.3, -0.25) is 4.79 Å². The van der Waals surface area contributed by atoms with E-state index >= 15 is 0 Å². The maximum absolute atomic E-state index is 12.8. The van der Waals surface area contributed by atoms with Crippen molar-refractivity contribution in [3.63, 3.8) is 0 Å². The first-order chi connectivity index (χ1) is 10.7. The highest BCUT2D eigenvalue weighted by atomic mass is 16.1. The molecule has 0 saturated heterocycles. The largest absolute Gasteiger partial charge is 0.325 e. The van der Waals surface area contributed by atoms with Crippen LogP contribution in [0.25, 0.3) is 0 Å². The van der Waals surface area contributed by atoms with Crippen molar-refractivity contribution in [3.05, 3.63) is 64.7 Å². The van der Waals surface area contributed by atoms with Gasteiger partial charge in [-0.05, 0) is 54.9 Å². The van der Waals surface area contributed by atoms with E-state index in [-0.39, 0.29) is 11.8 Å². The number of para-hydroxylation sites is 1. The number of benzene rings is 2. The predicted molar refractivity (Wildman–Crippen MR) is 91.3 cm³/mol. The molecule has 2 aromatic rings. The van der Waals surface area contributed by atoms with E-state index in [1.54, 1.807) is 0 Å². The van der Waals surface area contributed by atoms with Crippen LogP contribution in [0.4, 0.5) is 5.69 Å². The molecular weight excluding hydrogens is 270 g/mol. The highest BCUT2D eigenvalue weighted by Crippen LogP contribution is 2.33. The van der Waals surface area contributed by atoms with Crippen molar-refractivity contribution in [1.82, 2.24) is 0 Å². The quantitative estimate of drug-likeness (QED) is 0.879. The van der Waals surface area contributed by atoms with Gasteiger partial charge in [-0.15, -0.1) is 0 Å². The van der Waals surface area contributed by atoms with Crippen molar-refractivity contribution >= 4 is 11.6 Å². The molecule has 2 aromatic carbocycles. The average molecular weight is 293 g/mol. The molecule has 1 aliphatic rings. The number of aryl methyl sites for hydroxylation is 3. The third kappa shape index (κ3) is 2.78. The Balaban J connectivity index is 1.88. The summed E-state index contributed by atoms with van der Waals surface area (Å²) < 4.78 is 0. The van der Waals surface area contributed by atoms with E-state index < -0.39 is 0 Å². The zero-order valence-corrected chi connectivity index (χ0v) is 13.4. The summed E-state index contributed by atoms with van der Waals surface area (Å²) in [5.41, 5.74) is 5.87. The van der Waals surface area contributed by atoms with Crippen LogP contribution in [0.15, 0.2) is 42.5 Å². The van der Waals surface area contributed by atoms with Gasteiger partial charge in [-0.1, -0.05) is 49.4 Å². The number of carbonyl (C=O) groups excluding carboxylic acids is 1. The number of anilines is 1. The first-order valence-electron chi connectivity index (χ1n) is 8.18. The molecule has 0 radical (unpaired) electrons. The summed E-state index contributed by atoms with van der Waals surface area (Å²) in [6.07, 6.45) is 4.04. The van der Waals surface area contributed by atoms with Gasteiger partial charge in [0.1, 0.15) is 0 Å². The summed E-state index contributed by atoms with van der Waals surface area (Å²) in [6, 6.07) is 14.6. The molecule has 22 heavy (non-hydrogen) atoms. The van der Waals surface area contributed by atoms with Crippen LogP contribution in [-0.2, 0) is 17.6 Å². The summed E-state index contributed by atoms with van der Waals surface area (Å²) in [6.45, 7) is 4.18. The minimum Gasteiger partial charge on any atom is -0.325 e. The van der Waals surface area contributed by atoms with Gasteiger partial charge in [0.05, 0.1) is 5.92 Å². The second-order valence-corrected chi connectivity index (χ2v) is 6.10. The molecule has 1 amide bonds. The van der Waals surface area contributed by atoms with E-state index in [2.05, 4.69) is 55.6 Å². The van der Waals surface area contributed by atoms with Crippen LogP contribution in [0, 0.1) is 6.92 Å². The number of rotatable bonds is 3. The molecule has 114 valence electrons. The SMILES string of the molecule is CCc1cccc(C)c1NC(=O)C1CCCc2ccccc21. The molecule has 0 heterocycles. The minimum absolute atomic E-state index is 0.0192. The third-order valence-electron chi connectivity index (χ3n) is 4.67. The smallest absolute Gasteiger partial charge is 0.231 e. The second kappa shape index (κ2) is 6.35. The Morgan fingerprint density at radius 2 is 2.00 bits per heavy atom. The van der Waals surface area contributed by atoms with E-state index in [0.717, 1.165) is 36.9 Å². The summed E-state index contributed by atoms with van der Waals surface area (Å²) >= 11 is 0. The molecule has 0 aliphatic heterocycles. The fourth-order valence-corrected chi connectivity index (χ4v) is 3.44. The lowest BCUT2D eigenvalue weighted by atomic mass is 9.82. The van der Waals surface area contributed by atoms with Gasteiger partial charge in [0.25, 0.3) is 0 Å². The van der Waals surface area contributed by atoms with Crippen LogP contribution >= 0.6 is 0 Å². The van der Waals surface area contributed by atoms with Crippen LogP contribution in [-0.4, -0.2) is 5.91 Å². The van der Waals surface area contributed by atoms with Crippen LogP contribution in [0.2, 0.25) is 0 Å². The van der Waals surface area contributed by atoms with E-state index in [9.17, 15) is 4.79 Å². The molecule has 2 nitrogen and oxygen atoms in total. The van der Waals surface area contributed by atoms with Gasteiger partial charge in [-0.2, -0.15) is 0 Å². The Morgan fingerprint density at radius 3 is 2.82 bits per heavy atom. The Morgan fingerprint density at radius 1 is 1.18 bits per heavy atom. The lowest BCUT2D eigenvalue weighted by molar-refractivity contribution is -0.117. The topological polar surface area (TPSA) is 29.1 Å². The van der Waals surface area contributed by atoms with Crippen molar-refractivity contribution < 1.29 is 4.79 Å². The van der Waals surface area contributed by atoms with Crippen molar-refractivity contribution in [2.24, 2.45) is 0 Å². The van der Waals surface area contributed by atoms with Gasteiger partial charge < -0.3 is 5.32 Å². The standard InChI is InChI=1S/C20H23NO/c1-3-15-10-6-8-14(2)19(15)21-20(22)18-13-7-11-16-9-4-5-12-17(16)18/h4-6,8-10,12,18H,3,7,11,13H2,1-2H3,(H,21,22). The Labute approximate surface area is 132 Å². The first kappa shape index (κ1) is 14.8. The molecule has 0 bridgehead atoms. The molecule has 1 unspecified atom stereocenters. The molecule has 0 saturated carbocycles. The van der Waals surface area contributed by atoms with E-state index in [1.165, 1.54) is 16.7 Å². The number of amides is 1. The second-order valence-electron chi connectivity index (χ2n) is 6.10. The van der Waals surface area contributed by atoms with Gasteiger partial charge in [0.15, 0.2) is 0 Å². The third-order valence-corrected chi connectivity index (χ3v) is 4.67.